The second-order valence-electron chi connectivity index (χ2n) is 3.65. The predicted molar refractivity (Wildman–Crippen MR) is 44.2 cm³/mol. The highest BCUT2D eigenvalue weighted by Gasteiger charge is 2.44. The van der Waals surface area contributed by atoms with Crippen LogP contribution in [0.4, 0.5) is 0 Å². The van der Waals surface area contributed by atoms with Crippen molar-refractivity contribution in [2.45, 2.75) is 26.3 Å². The van der Waals surface area contributed by atoms with Crippen molar-refractivity contribution in [3.8, 4) is 0 Å². The van der Waals surface area contributed by atoms with Crippen molar-refractivity contribution in [1.29, 1.82) is 0 Å². The summed E-state index contributed by atoms with van der Waals surface area (Å²) in [6, 6.07) is 0. The van der Waals surface area contributed by atoms with Gasteiger partial charge in [-0.15, -0.1) is 0 Å². The van der Waals surface area contributed by atoms with E-state index in [4.69, 9.17) is 0 Å². The molecule has 1 fully saturated rings. The van der Waals surface area contributed by atoms with Gasteiger partial charge in [0.2, 0.25) is 11.8 Å². The number of carbonyl (C=O) groups is 2. The first-order valence-corrected chi connectivity index (χ1v) is 3.91. The molecule has 0 aromatic rings. The Kier molecular flexibility index (Phi) is 1.96. The molecule has 0 bridgehead atoms. The van der Waals surface area contributed by atoms with Gasteiger partial charge in [-0.3, -0.25) is 19.4 Å². The Morgan fingerprint density at radius 2 is 2.00 bits per heavy atom. The molecule has 4 nitrogen and oxygen atoms in total. The summed E-state index contributed by atoms with van der Waals surface area (Å²) in [5.41, 5.74) is -0.536. The number of amides is 2. The van der Waals surface area contributed by atoms with Crippen molar-refractivity contribution < 1.29 is 9.59 Å². The van der Waals surface area contributed by atoms with Crippen molar-refractivity contribution in [3.05, 3.63) is 0 Å². The molecule has 68 valence electrons. The highest BCUT2D eigenvalue weighted by Crippen LogP contribution is 2.23. The van der Waals surface area contributed by atoms with Crippen LogP contribution in [0.15, 0.2) is 0 Å². The third-order valence-corrected chi connectivity index (χ3v) is 2.46. The maximum atomic E-state index is 11.5. The maximum Gasteiger partial charge on any atom is 0.250 e. The second-order valence-corrected chi connectivity index (χ2v) is 3.65. The fourth-order valence-corrected chi connectivity index (χ4v) is 1.19. The van der Waals surface area contributed by atoms with Crippen LogP contribution in [0.1, 0.15) is 20.8 Å². The zero-order valence-electron chi connectivity index (χ0n) is 7.92. The SMILES string of the molecule is CC(=O)N1CN(C)C(C)(C)C1=O. The van der Waals surface area contributed by atoms with Crippen molar-refractivity contribution in [3.63, 3.8) is 0 Å². The predicted octanol–water partition coefficient (Wildman–Crippen LogP) is 0.0430. The molecular weight excluding hydrogens is 156 g/mol. The molecule has 0 aliphatic carbocycles. The Morgan fingerprint density at radius 1 is 1.50 bits per heavy atom. The topological polar surface area (TPSA) is 40.6 Å². The lowest BCUT2D eigenvalue weighted by molar-refractivity contribution is -0.142. The molecule has 0 saturated carbocycles. The number of hydrogen-bond donors (Lipinski definition) is 0. The quantitative estimate of drug-likeness (QED) is 0.515. The number of imide groups is 1. The maximum absolute atomic E-state index is 11.5. The Balaban J connectivity index is 2.91. The highest BCUT2D eigenvalue weighted by atomic mass is 16.2. The average Bonchev–Trinajstić information content (AvgIpc) is 2.13. The first-order valence-electron chi connectivity index (χ1n) is 3.91. The van der Waals surface area contributed by atoms with Gasteiger partial charge in [0.1, 0.15) is 0 Å². The van der Waals surface area contributed by atoms with Gasteiger partial charge in [-0.1, -0.05) is 0 Å². The summed E-state index contributed by atoms with van der Waals surface area (Å²) in [5, 5.41) is 0. The van der Waals surface area contributed by atoms with E-state index >= 15 is 0 Å². The molecule has 0 aromatic heterocycles. The lowest BCUT2D eigenvalue weighted by Gasteiger charge is -2.22. The number of likely N-dealkylation sites (N-methyl/N-ethyl adjacent to an activating group) is 1. The van der Waals surface area contributed by atoms with E-state index in [1.165, 1.54) is 11.8 Å². The van der Waals surface area contributed by atoms with Gasteiger partial charge in [-0.2, -0.15) is 0 Å². The van der Waals surface area contributed by atoms with E-state index in [9.17, 15) is 9.59 Å². The van der Waals surface area contributed by atoms with Gasteiger partial charge in [0.15, 0.2) is 0 Å². The zero-order valence-corrected chi connectivity index (χ0v) is 7.92. The molecule has 0 atom stereocenters. The summed E-state index contributed by atoms with van der Waals surface area (Å²) in [6.07, 6.45) is 0. The largest absolute Gasteiger partial charge is 0.275 e. The molecule has 1 aliphatic heterocycles. The van der Waals surface area contributed by atoms with E-state index in [0.717, 1.165) is 0 Å². The molecule has 0 N–H and O–H groups in total. The van der Waals surface area contributed by atoms with Gasteiger partial charge < -0.3 is 0 Å². The minimum atomic E-state index is -0.536. The van der Waals surface area contributed by atoms with Crippen LogP contribution in [-0.4, -0.2) is 40.9 Å². The molecule has 1 saturated heterocycles. The van der Waals surface area contributed by atoms with E-state index in [-0.39, 0.29) is 11.8 Å². The van der Waals surface area contributed by atoms with Crippen LogP contribution in [0.5, 0.6) is 0 Å². The second kappa shape index (κ2) is 2.55. The van der Waals surface area contributed by atoms with Gasteiger partial charge in [0, 0.05) is 6.92 Å². The van der Waals surface area contributed by atoms with E-state index in [1.54, 1.807) is 0 Å². The lowest BCUT2D eigenvalue weighted by Crippen LogP contribution is -2.41. The number of carbonyl (C=O) groups excluding carboxylic acids is 2. The van der Waals surface area contributed by atoms with Crippen LogP contribution in [0, 0.1) is 0 Å². The molecule has 1 rings (SSSR count). The van der Waals surface area contributed by atoms with Crippen LogP contribution in [0.25, 0.3) is 0 Å². The summed E-state index contributed by atoms with van der Waals surface area (Å²) in [7, 11) is 1.83. The first kappa shape index (κ1) is 9.19. The number of rotatable bonds is 0. The summed E-state index contributed by atoms with van der Waals surface area (Å²) in [4.78, 5) is 25.6. The summed E-state index contributed by atoms with van der Waals surface area (Å²) < 4.78 is 0. The molecule has 0 aromatic carbocycles. The Hall–Kier alpha value is -0.900. The molecule has 0 unspecified atom stereocenters. The van der Waals surface area contributed by atoms with Gasteiger partial charge in [-0.05, 0) is 20.9 Å². The van der Waals surface area contributed by atoms with Crippen molar-refractivity contribution >= 4 is 11.8 Å². The molecule has 1 heterocycles. The van der Waals surface area contributed by atoms with Crippen LogP contribution >= 0.6 is 0 Å². The van der Waals surface area contributed by atoms with Gasteiger partial charge >= 0.3 is 0 Å². The molecule has 0 radical (unpaired) electrons. The Morgan fingerprint density at radius 3 is 2.17 bits per heavy atom. The summed E-state index contributed by atoms with van der Waals surface area (Å²) >= 11 is 0. The fraction of sp³-hybridized carbons (Fsp3) is 0.750. The average molecular weight is 170 g/mol. The molecule has 12 heavy (non-hydrogen) atoms. The third-order valence-electron chi connectivity index (χ3n) is 2.46. The van der Waals surface area contributed by atoms with E-state index in [1.807, 2.05) is 25.8 Å². The van der Waals surface area contributed by atoms with Gasteiger partial charge in [0.05, 0.1) is 12.2 Å². The minimum absolute atomic E-state index is 0.113. The zero-order chi connectivity index (χ0) is 9.52. The Bertz CT molecular complexity index is 235. The Labute approximate surface area is 72.1 Å². The van der Waals surface area contributed by atoms with E-state index in [2.05, 4.69) is 0 Å². The van der Waals surface area contributed by atoms with Gasteiger partial charge in [-0.25, -0.2) is 0 Å². The molecule has 1 aliphatic rings. The van der Waals surface area contributed by atoms with Crippen molar-refractivity contribution in [1.82, 2.24) is 9.80 Å². The van der Waals surface area contributed by atoms with Gasteiger partial charge in [0.25, 0.3) is 0 Å². The minimum Gasteiger partial charge on any atom is -0.275 e. The monoisotopic (exact) mass is 170 g/mol. The molecule has 2 amide bonds. The van der Waals surface area contributed by atoms with Crippen molar-refractivity contribution in [2.75, 3.05) is 13.7 Å². The van der Waals surface area contributed by atoms with Crippen LogP contribution in [0.2, 0.25) is 0 Å². The van der Waals surface area contributed by atoms with Crippen LogP contribution in [-0.2, 0) is 9.59 Å². The molecule has 0 spiro atoms. The molecule has 4 heteroatoms. The first-order chi connectivity index (χ1) is 5.37. The van der Waals surface area contributed by atoms with Crippen LogP contribution < -0.4 is 0 Å². The normalized spacial score (nSPS) is 23.3. The fourth-order valence-electron chi connectivity index (χ4n) is 1.19. The molecular formula is C8H14N2O2. The highest BCUT2D eigenvalue weighted by molar-refractivity contribution is 6.00. The number of hydrogen-bond acceptors (Lipinski definition) is 3. The van der Waals surface area contributed by atoms with E-state index in [0.29, 0.717) is 6.67 Å². The standard InChI is InChI=1S/C8H14N2O2/c1-6(11)10-5-9(4)8(2,3)7(10)12/h5H2,1-4H3. The lowest BCUT2D eigenvalue weighted by atomic mass is 10.1. The van der Waals surface area contributed by atoms with Crippen LogP contribution in [0.3, 0.4) is 0 Å². The van der Waals surface area contributed by atoms with Crippen molar-refractivity contribution in [2.24, 2.45) is 0 Å². The van der Waals surface area contributed by atoms with E-state index < -0.39 is 5.54 Å². The third kappa shape index (κ3) is 1.12. The summed E-state index contributed by atoms with van der Waals surface area (Å²) in [6.45, 7) is 5.45. The smallest absolute Gasteiger partial charge is 0.250 e. The number of nitrogens with zero attached hydrogens (tertiary/aromatic N) is 2. The summed E-state index contributed by atoms with van der Waals surface area (Å²) in [5.74, 6) is -0.296.